The second-order valence-corrected chi connectivity index (χ2v) is 6.09. The smallest absolute Gasteiger partial charge is 0.262 e. The van der Waals surface area contributed by atoms with Crippen molar-refractivity contribution < 1.29 is 8.42 Å². The molecular weight excluding hydrogens is 226 g/mol. The van der Waals surface area contributed by atoms with Gasteiger partial charge in [-0.05, 0) is 19.8 Å². The van der Waals surface area contributed by atoms with E-state index in [9.17, 15) is 8.42 Å². The highest BCUT2D eigenvalue weighted by molar-refractivity contribution is 7.89. The van der Waals surface area contributed by atoms with Gasteiger partial charge in [0.25, 0.3) is 10.0 Å². The minimum Gasteiger partial charge on any atom is -0.337 e. The summed E-state index contributed by atoms with van der Waals surface area (Å²) < 4.78 is 27.7. The number of aryl methyl sites for hydroxylation is 2. The molecule has 0 aliphatic carbocycles. The van der Waals surface area contributed by atoms with E-state index in [1.54, 1.807) is 24.7 Å². The zero-order chi connectivity index (χ0) is 11.8. The van der Waals surface area contributed by atoms with Gasteiger partial charge in [0.05, 0.1) is 0 Å². The van der Waals surface area contributed by atoms with Crippen molar-refractivity contribution in [1.29, 1.82) is 0 Å². The topological polar surface area (TPSA) is 55.2 Å². The summed E-state index contributed by atoms with van der Waals surface area (Å²) in [7, 11) is -1.56. The quantitative estimate of drug-likeness (QED) is 0.775. The van der Waals surface area contributed by atoms with E-state index in [1.165, 1.54) is 4.31 Å². The first kappa shape index (κ1) is 11.6. The standard InChI is InChI=1S/C10H17N3O2S/c1-9-11-10(8-12(9)2)16(14,15)13-6-4-3-5-7-13/h8H,3-7H2,1-2H3. The van der Waals surface area contributed by atoms with E-state index in [4.69, 9.17) is 0 Å². The van der Waals surface area contributed by atoms with Crippen molar-refractivity contribution in [1.82, 2.24) is 13.9 Å². The Balaban J connectivity index is 2.30. The summed E-state index contributed by atoms with van der Waals surface area (Å²) in [5.74, 6) is 0.718. The van der Waals surface area contributed by atoms with Gasteiger partial charge >= 0.3 is 0 Å². The summed E-state index contributed by atoms with van der Waals surface area (Å²) in [5, 5.41) is 0.175. The maximum atomic E-state index is 12.2. The molecule has 1 saturated heterocycles. The van der Waals surface area contributed by atoms with Crippen LogP contribution in [0.4, 0.5) is 0 Å². The first-order valence-electron chi connectivity index (χ1n) is 5.52. The van der Waals surface area contributed by atoms with Gasteiger partial charge in [-0.15, -0.1) is 0 Å². The van der Waals surface area contributed by atoms with Crippen LogP contribution in [0.2, 0.25) is 0 Å². The zero-order valence-electron chi connectivity index (χ0n) is 9.68. The van der Waals surface area contributed by atoms with E-state index in [0.717, 1.165) is 25.1 Å². The molecule has 0 spiro atoms. The lowest BCUT2D eigenvalue weighted by Gasteiger charge is -2.24. The van der Waals surface area contributed by atoms with Gasteiger partial charge < -0.3 is 4.57 Å². The van der Waals surface area contributed by atoms with Crippen molar-refractivity contribution in [3.63, 3.8) is 0 Å². The number of sulfonamides is 1. The summed E-state index contributed by atoms with van der Waals surface area (Å²) >= 11 is 0. The SMILES string of the molecule is Cc1nc(S(=O)(=O)N2CCCCC2)cn1C. The molecule has 0 N–H and O–H groups in total. The molecule has 1 aromatic heterocycles. The Morgan fingerprint density at radius 2 is 1.88 bits per heavy atom. The van der Waals surface area contributed by atoms with Crippen LogP contribution in [0.1, 0.15) is 25.1 Å². The Labute approximate surface area is 96.1 Å². The first-order chi connectivity index (χ1) is 7.51. The maximum absolute atomic E-state index is 12.2. The lowest BCUT2D eigenvalue weighted by atomic mass is 10.2. The van der Waals surface area contributed by atoms with Crippen molar-refractivity contribution in [2.45, 2.75) is 31.2 Å². The van der Waals surface area contributed by atoms with Crippen LogP contribution in [0.25, 0.3) is 0 Å². The van der Waals surface area contributed by atoms with Crippen LogP contribution >= 0.6 is 0 Å². The lowest BCUT2D eigenvalue weighted by Crippen LogP contribution is -2.35. The van der Waals surface area contributed by atoms with Crippen LogP contribution in [0.15, 0.2) is 11.2 Å². The average molecular weight is 243 g/mol. The average Bonchev–Trinajstić information content (AvgIpc) is 2.61. The predicted octanol–water partition coefficient (Wildman–Crippen LogP) is 0.903. The molecule has 2 heterocycles. The first-order valence-corrected chi connectivity index (χ1v) is 6.96. The summed E-state index contributed by atoms with van der Waals surface area (Å²) in [4.78, 5) is 4.09. The highest BCUT2D eigenvalue weighted by Crippen LogP contribution is 2.19. The molecule has 0 aromatic carbocycles. The van der Waals surface area contributed by atoms with Crippen LogP contribution in [0.3, 0.4) is 0 Å². The number of rotatable bonds is 2. The Morgan fingerprint density at radius 1 is 1.25 bits per heavy atom. The summed E-state index contributed by atoms with van der Waals surface area (Å²) in [6.07, 6.45) is 4.60. The molecule has 0 saturated carbocycles. The van der Waals surface area contributed by atoms with Crippen LogP contribution < -0.4 is 0 Å². The van der Waals surface area contributed by atoms with E-state index >= 15 is 0 Å². The highest BCUT2D eigenvalue weighted by Gasteiger charge is 2.28. The van der Waals surface area contributed by atoms with Crippen LogP contribution in [-0.2, 0) is 17.1 Å². The number of imidazole rings is 1. The van der Waals surface area contributed by atoms with Crippen molar-refractivity contribution in [3.8, 4) is 0 Å². The summed E-state index contributed by atoms with van der Waals surface area (Å²) in [6, 6.07) is 0. The third-order valence-corrected chi connectivity index (χ3v) is 4.78. The minimum atomic E-state index is -3.36. The monoisotopic (exact) mass is 243 g/mol. The molecule has 2 rings (SSSR count). The summed E-state index contributed by atoms with van der Waals surface area (Å²) in [5.41, 5.74) is 0. The summed E-state index contributed by atoms with van der Waals surface area (Å²) in [6.45, 7) is 3.05. The molecule has 1 fully saturated rings. The Morgan fingerprint density at radius 3 is 2.38 bits per heavy atom. The molecule has 1 aliphatic heterocycles. The molecule has 5 nitrogen and oxygen atoms in total. The predicted molar refractivity (Wildman–Crippen MR) is 60.6 cm³/mol. The lowest BCUT2D eigenvalue weighted by molar-refractivity contribution is 0.345. The van der Waals surface area contributed by atoms with Crippen molar-refractivity contribution in [3.05, 3.63) is 12.0 Å². The fourth-order valence-electron chi connectivity index (χ4n) is 1.89. The van der Waals surface area contributed by atoms with Gasteiger partial charge in [-0.25, -0.2) is 13.4 Å². The van der Waals surface area contributed by atoms with Crippen molar-refractivity contribution in [2.24, 2.45) is 7.05 Å². The van der Waals surface area contributed by atoms with E-state index in [2.05, 4.69) is 4.98 Å². The number of hydrogen-bond acceptors (Lipinski definition) is 3. The van der Waals surface area contributed by atoms with Gasteiger partial charge in [0, 0.05) is 26.3 Å². The Bertz CT molecular complexity index is 453. The van der Waals surface area contributed by atoms with Gasteiger partial charge in [0.1, 0.15) is 5.82 Å². The Hall–Kier alpha value is -0.880. The number of aromatic nitrogens is 2. The number of hydrogen-bond donors (Lipinski definition) is 0. The van der Waals surface area contributed by atoms with Crippen molar-refractivity contribution in [2.75, 3.05) is 13.1 Å². The molecule has 16 heavy (non-hydrogen) atoms. The molecule has 1 aliphatic rings. The molecule has 1 aromatic rings. The van der Waals surface area contributed by atoms with Crippen LogP contribution in [-0.4, -0.2) is 35.4 Å². The van der Waals surface area contributed by atoms with Gasteiger partial charge in [-0.1, -0.05) is 6.42 Å². The highest BCUT2D eigenvalue weighted by atomic mass is 32.2. The normalized spacial score (nSPS) is 18.9. The second kappa shape index (κ2) is 4.18. The van der Waals surface area contributed by atoms with Gasteiger partial charge in [-0.2, -0.15) is 4.31 Å². The van der Waals surface area contributed by atoms with Gasteiger partial charge in [0.2, 0.25) is 0 Å². The fourth-order valence-corrected chi connectivity index (χ4v) is 3.43. The maximum Gasteiger partial charge on any atom is 0.262 e. The number of nitrogens with zero attached hydrogens (tertiary/aromatic N) is 3. The fraction of sp³-hybridized carbons (Fsp3) is 0.700. The third-order valence-electron chi connectivity index (χ3n) is 3.01. The Kier molecular flexibility index (Phi) is 3.03. The van der Waals surface area contributed by atoms with Gasteiger partial charge in [0.15, 0.2) is 5.03 Å². The molecule has 90 valence electrons. The molecule has 0 radical (unpaired) electrons. The van der Waals surface area contributed by atoms with Crippen LogP contribution in [0.5, 0.6) is 0 Å². The van der Waals surface area contributed by atoms with E-state index < -0.39 is 10.0 Å². The van der Waals surface area contributed by atoms with E-state index in [1.807, 2.05) is 0 Å². The van der Waals surface area contributed by atoms with Gasteiger partial charge in [-0.3, -0.25) is 0 Å². The number of piperidine rings is 1. The zero-order valence-corrected chi connectivity index (χ0v) is 10.5. The molecule has 0 amide bonds. The third kappa shape index (κ3) is 1.99. The van der Waals surface area contributed by atoms with E-state index in [-0.39, 0.29) is 5.03 Å². The van der Waals surface area contributed by atoms with Crippen molar-refractivity contribution >= 4 is 10.0 Å². The molecule has 0 bridgehead atoms. The van der Waals surface area contributed by atoms with E-state index in [0.29, 0.717) is 13.1 Å². The molecular formula is C10H17N3O2S. The molecule has 0 atom stereocenters. The molecule has 6 heteroatoms. The van der Waals surface area contributed by atoms with Crippen LogP contribution in [0, 0.1) is 6.92 Å². The second-order valence-electron chi connectivity index (χ2n) is 4.20. The minimum absolute atomic E-state index is 0.175. The molecule has 0 unspecified atom stereocenters. The largest absolute Gasteiger partial charge is 0.337 e.